The van der Waals surface area contributed by atoms with Crippen LogP contribution in [-0.4, -0.2) is 56.3 Å². The van der Waals surface area contributed by atoms with E-state index in [0.717, 1.165) is 12.8 Å². The van der Waals surface area contributed by atoms with E-state index in [2.05, 4.69) is 15.2 Å². The molecule has 27 heavy (non-hydrogen) atoms. The maximum Gasteiger partial charge on any atom is 0.306 e. The number of pyridine rings is 1. The van der Waals surface area contributed by atoms with Crippen LogP contribution in [0.2, 0.25) is 5.02 Å². The van der Waals surface area contributed by atoms with Crippen molar-refractivity contribution in [1.29, 1.82) is 0 Å². The molecular formula is C18H19ClN4O4. The molecule has 2 bridgehead atoms. The number of methoxy groups -OCH3 is 1. The Labute approximate surface area is 160 Å². The van der Waals surface area contributed by atoms with Gasteiger partial charge in [-0.25, -0.2) is 4.98 Å². The van der Waals surface area contributed by atoms with Gasteiger partial charge in [0.15, 0.2) is 5.69 Å². The highest BCUT2D eigenvalue weighted by atomic mass is 35.5. The summed E-state index contributed by atoms with van der Waals surface area (Å²) < 4.78 is 5.12. The molecule has 2 N–H and O–H groups in total. The van der Waals surface area contributed by atoms with Crippen LogP contribution in [0.1, 0.15) is 36.2 Å². The molecule has 2 aliphatic heterocycles. The van der Waals surface area contributed by atoms with Gasteiger partial charge in [0.25, 0.3) is 5.91 Å². The molecule has 3 atom stereocenters. The predicted molar refractivity (Wildman–Crippen MR) is 96.7 cm³/mol. The summed E-state index contributed by atoms with van der Waals surface area (Å²) in [5, 5.41) is 16.7. The molecule has 2 aliphatic rings. The maximum atomic E-state index is 13.0. The van der Waals surface area contributed by atoms with Crippen LogP contribution in [0.5, 0.6) is 5.88 Å². The van der Waals surface area contributed by atoms with E-state index in [4.69, 9.17) is 16.3 Å². The number of carboxylic acids is 1. The summed E-state index contributed by atoms with van der Waals surface area (Å²) in [4.78, 5) is 30.2. The number of aromatic nitrogens is 3. The first-order chi connectivity index (χ1) is 13.0. The van der Waals surface area contributed by atoms with Crippen LogP contribution in [0.15, 0.2) is 18.3 Å². The number of nitrogens with zero attached hydrogens (tertiary/aromatic N) is 3. The number of carbonyl (C=O) groups is 2. The van der Waals surface area contributed by atoms with Gasteiger partial charge in [-0.05, 0) is 31.7 Å². The Morgan fingerprint density at radius 3 is 2.63 bits per heavy atom. The summed E-state index contributed by atoms with van der Waals surface area (Å²) in [6.07, 6.45) is 4.16. The number of aliphatic carboxylic acids is 1. The second-order valence-electron chi connectivity index (χ2n) is 6.98. The molecule has 142 valence electrons. The quantitative estimate of drug-likeness (QED) is 0.830. The number of aromatic amines is 1. The summed E-state index contributed by atoms with van der Waals surface area (Å²) >= 11 is 6.21. The molecule has 9 heteroatoms. The largest absolute Gasteiger partial charge is 0.481 e. The Morgan fingerprint density at radius 2 is 2.00 bits per heavy atom. The number of hydrogen-bond donors (Lipinski definition) is 2. The van der Waals surface area contributed by atoms with Gasteiger partial charge in [0.05, 0.1) is 29.9 Å². The molecule has 8 nitrogen and oxygen atoms in total. The minimum atomic E-state index is -0.776. The van der Waals surface area contributed by atoms with Crippen LogP contribution < -0.4 is 4.74 Å². The number of ether oxygens (including phenoxy) is 1. The standard InChI is InChI=1S/C18H19ClN4O4/c1-27-16-6-12(13(19)8-20-16)14-7-15(22-21-14)17(24)23-10-2-3-11(23)5-9(4-10)18(25)26/h6-11H,2-5H2,1H3,(H,21,22)(H,25,26)/t9-,10-,11+. The SMILES string of the molecule is COc1cc(-c2cc(C(=O)N3[C@@H]4CC[C@H]3C[C@H](C(=O)O)C4)n[nH]2)c(Cl)cn1. The van der Waals surface area contributed by atoms with Crippen molar-refractivity contribution in [2.75, 3.05) is 7.11 Å². The van der Waals surface area contributed by atoms with Crippen molar-refractivity contribution in [3.05, 3.63) is 29.0 Å². The lowest BCUT2D eigenvalue weighted by molar-refractivity contribution is -0.144. The third-order valence-corrected chi connectivity index (χ3v) is 5.74. The van der Waals surface area contributed by atoms with Gasteiger partial charge < -0.3 is 14.7 Å². The molecule has 0 aliphatic carbocycles. The summed E-state index contributed by atoms with van der Waals surface area (Å²) in [6.45, 7) is 0. The molecule has 2 fully saturated rings. The molecule has 0 spiro atoms. The Hall–Kier alpha value is -2.61. The van der Waals surface area contributed by atoms with Crippen molar-refractivity contribution in [2.45, 2.75) is 37.8 Å². The van der Waals surface area contributed by atoms with Gasteiger partial charge in [0.2, 0.25) is 5.88 Å². The Bertz CT molecular complexity index is 885. The van der Waals surface area contributed by atoms with Crippen LogP contribution in [0.25, 0.3) is 11.3 Å². The zero-order valence-electron chi connectivity index (χ0n) is 14.7. The Balaban J connectivity index is 1.58. The zero-order chi connectivity index (χ0) is 19.1. The van der Waals surface area contributed by atoms with Gasteiger partial charge in [-0.15, -0.1) is 0 Å². The monoisotopic (exact) mass is 390 g/mol. The van der Waals surface area contributed by atoms with Crippen molar-refractivity contribution >= 4 is 23.5 Å². The number of carbonyl (C=O) groups excluding carboxylic acids is 1. The molecule has 0 saturated carbocycles. The molecule has 0 unspecified atom stereocenters. The topological polar surface area (TPSA) is 108 Å². The third-order valence-electron chi connectivity index (χ3n) is 5.44. The number of carboxylic acid groups (broad SMARTS) is 1. The fourth-order valence-electron chi connectivity index (χ4n) is 4.15. The minimum Gasteiger partial charge on any atom is -0.481 e. The van der Waals surface area contributed by atoms with Crippen molar-refractivity contribution in [3.63, 3.8) is 0 Å². The third kappa shape index (κ3) is 3.14. The van der Waals surface area contributed by atoms with E-state index in [1.165, 1.54) is 13.3 Å². The van der Waals surface area contributed by atoms with Gasteiger partial charge in [0.1, 0.15) is 0 Å². The number of nitrogens with one attached hydrogen (secondary N) is 1. The van der Waals surface area contributed by atoms with Crippen molar-refractivity contribution < 1.29 is 19.4 Å². The fourth-order valence-corrected chi connectivity index (χ4v) is 4.35. The molecular weight excluding hydrogens is 372 g/mol. The summed E-state index contributed by atoms with van der Waals surface area (Å²) in [7, 11) is 1.51. The number of rotatable bonds is 4. The number of piperidine rings is 1. The van der Waals surface area contributed by atoms with Gasteiger partial charge in [-0.3, -0.25) is 14.7 Å². The molecule has 2 saturated heterocycles. The van der Waals surface area contributed by atoms with Gasteiger partial charge in [-0.2, -0.15) is 5.10 Å². The van der Waals surface area contributed by atoms with Crippen LogP contribution in [-0.2, 0) is 4.79 Å². The molecule has 4 rings (SSSR count). The number of halogens is 1. The molecule has 2 aromatic rings. The Morgan fingerprint density at radius 1 is 1.30 bits per heavy atom. The highest BCUT2D eigenvalue weighted by Gasteiger charge is 2.45. The van der Waals surface area contributed by atoms with Gasteiger partial charge in [-0.1, -0.05) is 11.6 Å². The van der Waals surface area contributed by atoms with Crippen LogP contribution in [0.3, 0.4) is 0 Å². The lowest BCUT2D eigenvalue weighted by Gasteiger charge is -2.37. The highest BCUT2D eigenvalue weighted by Crippen LogP contribution is 2.40. The second-order valence-corrected chi connectivity index (χ2v) is 7.38. The van der Waals surface area contributed by atoms with Gasteiger partial charge in [0, 0.05) is 23.7 Å². The van der Waals surface area contributed by atoms with E-state index < -0.39 is 5.97 Å². The van der Waals surface area contributed by atoms with Crippen molar-refractivity contribution in [1.82, 2.24) is 20.1 Å². The van der Waals surface area contributed by atoms with Crippen LogP contribution >= 0.6 is 11.6 Å². The smallest absolute Gasteiger partial charge is 0.306 e. The zero-order valence-corrected chi connectivity index (χ0v) is 15.4. The highest BCUT2D eigenvalue weighted by molar-refractivity contribution is 6.33. The van der Waals surface area contributed by atoms with E-state index in [1.54, 1.807) is 12.1 Å². The fraction of sp³-hybridized carbons (Fsp3) is 0.444. The van der Waals surface area contributed by atoms with E-state index in [-0.39, 0.29) is 23.9 Å². The summed E-state index contributed by atoms with van der Waals surface area (Å²) in [5.41, 5.74) is 1.53. The average molecular weight is 391 g/mol. The number of fused-ring (bicyclic) bond motifs is 2. The second kappa shape index (κ2) is 6.84. The lowest BCUT2D eigenvalue weighted by atomic mass is 9.90. The molecule has 1 amide bonds. The molecule has 2 aromatic heterocycles. The van der Waals surface area contributed by atoms with Crippen molar-refractivity contribution in [2.24, 2.45) is 5.92 Å². The van der Waals surface area contributed by atoms with E-state index >= 15 is 0 Å². The first kappa shape index (κ1) is 17.8. The van der Waals surface area contributed by atoms with E-state index in [0.29, 0.717) is 40.7 Å². The first-order valence-electron chi connectivity index (χ1n) is 8.78. The van der Waals surface area contributed by atoms with Crippen molar-refractivity contribution in [3.8, 4) is 17.1 Å². The number of hydrogen-bond acceptors (Lipinski definition) is 5. The van der Waals surface area contributed by atoms with Crippen LogP contribution in [0, 0.1) is 5.92 Å². The normalized spacial score (nSPS) is 24.1. The number of H-pyrrole nitrogens is 1. The first-order valence-corrected chi connectivity index (χ1v) is 9.16. The van der Waals surface area contributed by atoms with Crippen LogP contribution in [0.4, 0.5) is 0 Å². The number of amides is 1. The minimum absolute atomic E-state index is 0.0397. The average Bonchev–Trinajstić information content (AvgIpc) is 3.24. The van der Waals surface area contributed by atoms with E-state index in [9.17, 15) is 14.7 Å². The molecule has 0 aromatic carbocycles. The summed E-state index contributed by atoms with van der Waals surface area (Å²) in [6, 6.07) is 3.25. The maximum absolute atomic E-state index is 13.0. The van der Waals surface area contributed by atoms with Gasteiger partial charge >= 0.3 is 5.97 Å². The predicted octanol–water partition coefficient (Wildman–Crippen LogP) is 2.60. The lowest BCUT2D eigenvalue weighted by Crippen LogP contribution is -2.48. The van der Waals surface area contributed by atoms with E-state index in [1.807, 2.05) is 4.90 Å². The molecule has 4 heterocycles. The Kier molecular flexibility index (Phi) is 4.51. The summed E-state index contributed by atoms with van der Waals surface area (Å²) in [5.74, 6) is -0.914. The molecule has 0 radical (unpaired) electrons.